The van der Waals surface area contributed by atoms with Gasteiger partial charge in [-0.2, -0.15) is 0 Å². The summed E-state index contributed by atoms with van der Waals surface area (Å²) in [6.45, 7) is 31.1. The molecule has 10 heterocycles. The van der Waals surface area contributed by atoms with E-state index in [9.17, 15) is 0 Å². The molecule has 0 N–H and O–H groups in total. The monoisotopic (exact) mass is 1200 g/mol. The van der Waals surface area contributed by atoms with Gasteiger partial charge >= 0.3 is 0 Å². The molecule has 6 aromatic heterocycles. The second-order valence-electron chi connectivity index (χ2n) is 29.8. The van der Waals surface area contributed by atoms with Gasteiger partial charge in [0.1, 0.15) is 45.1 Å². The minimum Gasteiger partial charge on any atom is -0.456 e. The molecule has 0 amide bonds. The van der Waals surface area contributed by atoms with E-state index >= 15 is 0 Å². The Bertz CT molecular complexity index is 4960. The Morgan fingerprint density at radius 2 is 0.652 bits per heavy atom. The SMILES string of the molecule is CC(C)c1ccc(-c2ccc3c(n2)c2nc(-c4ccc(C(C)C)cc4)cc4c2n3-c2c3c5c(c6c2B4c2cc(C(C)(C)C)ccc2O6)-n2c4ccc(-c6ccc(C(C)C)cc6)nc4c4nc(-c6ccc(C(C)C)cc6)cc(c42)B5c2cc(C(C)(C)C)ccc2O3)cc1. The third kappa shape index (κ3) is 8.37. The van der Waals surface area contributed by atoms with Crippen molar-refractivity contribution in [3.8, 4) is 79.4 Å². The van der Waals surface area contributed by atoms with Crippen LogP contribution in [0.25, 0.3) is 101 Å². The van der Waals surface area contributed by atoms with E-state index in [0.29, 0.717) is 23.7 Å². The van der Waals surface area contributed by atoms with Crippen LogP contribution in [0.1, 0.15) is 154 Å². The number of fused-ring (bicyclic) bond motifs is 16. The predicted octanol–water partition coefficient (Wildman–Crippen LogP) is 17.1. The van der Waals surface area contributed by atoms with Crippen LogP contribution in [-0.4, -0.2) is 42.5 Å². The summed E-state index contributed by atoms with van der Waals surface area (Å²) in [6.07, 6.45) is 0. The molecule has 0 saturated heterocycles. The summed E-state index contributed by atoms with van der Waals surface area (Å²) in [6, 6.07) is 63.4. The molecule has 0 spiro atoms. The van der Waals surface area contributed by atoms with Crippen molar-refractivity contribution in [2.45, 2.75) is 131 Å². The highest BCUT2D eigenvalue weighted by molar-refractivity contribution is 7.02. The van der Waals surface area contributed by atoms with Gasteiger partial charge in [0.2, 0.25) is 0 Å². The highest BCUT2D eigenvalue weighted by atomic mass is 16.5. The maximum atomic E-state index is 7.93. The van der Waals surface area contributed by atoms with E-state index in [0.717, 1.165) is 156 Å². The highest BCUT2D eigenvalue weighted by Gasteiger charge is 2.51. The third-order valence-electron chi connectivity index (χ3n) is 20.5. The van der Waals surface area contributed by atoms with Crippen molar-refractivity contribution < 1.29 is 9.47 Å². The molecule has 0 fully saturated rings. The Morgan fingerprint density at radius 1 is 0.337 bits per heavy atom. The van der Waals surface area contributed by atoms with Crippen molar-refractivity contribution in [2.75, 3.05) is 0 Å². The van der Waals surface area contributed by atoms with Gasteiger partial charge in [0.25, 0.3) is 13.4 Å². The van der Waals surface area contributed by atoms with Crippen LogP contribution in [0.4, 0.5) is 0 Å². The lowest BCUT2D eigenvalue weighted by Gasteiger charge is -2.41. The lowest BCUT2D eigenvalue weighted by Crippen LogP contribution is -2.63. The standard InChI is InChI=1S/C82H74B2N6O2/c1-43(2)47-15-23-51(24-16-47)61-33-35-65-71(85-61)73-75-59(41-63(87-73)53-27-19-49(20-28-53)45(5)6)83-57-39-55(81(9,10)11)31-37-67(57)92-80-69(83)77(89(65)75)79-70-78(80)90-66-36-34-62(52-25-17-48(18-26-52)44(3)4)86-72(66)74-76(90)60(42-64(88-74)54-29-21-50(22-30-54)46(7)8)84(70)58-40-56(82(12,13)14)32-38-68(58)91-79/h15-46H,1-14H3. The molecule has 0 radical (unpaired) electrons. The van der Waals surface area contributed by atoms with Crippen LogP contribution >= 0.6 is 0 Å². The van der Waals surface area contributed by atoms with Gasteiger partial charge in [0.05, 0.1) is 56.2 Å². The van der Waals surface area contributed by atoms with E-state index < -0.39 is 0 Å². The Balaban J connectivity index is 1.04. The zero-order valence-corrected chi connectivity index (χ0v) is 55.1. The summed E-state index contributed by atoms with van der Waals surface area (Å²) in [4.78, 5) is 23.2. The Labute approximate surface area is 539 Å². The maximum Gasteiger partial charge on any atom is 0.256 e. The van der Waals surface area contributed by atoms with Crippen LogP contribution in [0, 0.1) is 0 Å². The molecule has 0 unspecified atom stereocenters. The average Bonchev–Trinajstić information content (AvgIpc) is 1.27. The molecule has 0 saturated carbocycles. The highest BCUT2D eigenvalue weighted by Crippen LogP contribution is 2.49. The van der Waals surface area contributed by atoms with Gasteiger partial charge in [-0.15, -0.1) is 0 Å². The first-order valence-electron chi connectivity index (χ1n) is 33.2. The molecule has 17 rings (SSSR count). The number of ether oxygens (including phenoxy) is 2. The van der Waals surface area contributed by atoms with Gasteiger partial charge in [-0.05, 0) is 138 Å². The Kier molecular flexibility index (Phi) is 12.3. The van der Waals surface area contributed by atoms with Crippen LogP contribution in [0.2, 0.25) is 0 Å². The fraction of sp³-hybridized carbons (Fsp3) is 0.244. The number of aromatic nitrogens is 6. The summed E-state index contributed by atoms with van der Waals surface area (Å²) in [5.74, 6) is 4.82. The normalized spacial score (nSPS) is 13.6. The summed E-state index contributed by atoms with van der Waals surface area (Å²) >= 11 is 0. The van der Waals surface area contributed by atoms with Gasteiger partial charge in [-0.3, -0.25) is 0 Å². The van der Waals surface area contributed by atoms with E-state index in [1.165, 1.54) is 33.4 Å². The van der Waals surface area contributed by atoms with Crippen LogP contribution in [-0.2, 0) is 10.8 Å². The average molecular weight is 1200 g/mol. The fourth-order valence-corrected chi connectivity index (χ4v) is 15.2. The molecular weight excluding hydrogens is 1120 g/mol. The second-order valence-corrected chi connectivity index (χ2v) is 29.8. The van der Waals surface area contributed by atoms with E-state index in [2.05, 4.69) is 276 Å². The van der Waals surface area contributed by atoms with Gasteiger partial charge < -0.3 is 18.6 Å². The fourth-order valence-electron chi connectivity index (χ4n) is 15.2. The molecular formula is C82H74B2N6O2. The summed E-state index contributed by atoms with van der Waals surface area (Å²) in [7, 11) is 0. The zero-order chi connectivity index (χ0) is 63.3. The van der Waals surface area contributed by atoms with Gasteiger partial charge in [0, 0.05) is 33.2 Å². The van der Waals surface area contributed by atoms with Crippen molar-refractivity contribution in [1.82, 2.24) is 29.1 Å². The number of rotatable bonds is 8. The number of nitrogens with zero attached hydrogens (tertiary/aromatic N) is 6. The molecule has 4 aliphatic heterocycles. The van der Waals surface area contributed by atoms with E-state index in [1.807, 2.05) is 0 Å². The predicted molar refractivity (Wildman–Crippen MR) is 384 cm³/mol. The van der Waals surface area contributed by atoms with Crippen LogP contribution in [0.3, 0.4) is 0 Å². The van der Waals surface area contributed by atoms with Crippen LogP contribution in [0.5, 0.6) is 23.0 Å². The molecule has 10 heteroatoms. The minimum atomic E-state index is -0.329. The molecule has 0 aliphatic carbocycles. The molecule has 4 aliphatic rings. The van der Waals surface area contributed by atoms with E-state index in [4.69, 9.17) is 29.4 Å². The molecule has 92 heavy (non-hydrogen) atoms. The first kappa shape index (κ1) is 56.5. The third-order valence-corrected chi connectivity index (χ3v) is 20.5. The lowest BCUT2D eigenvalue weighted by atomic mass is 9.31. The topological polar surface area (TPSA) is 79.9 Å². The first-order valence-corrected chi connectivity index (χ1v) is 33.2. The number of hydrogen-bond acceptors (Lipinski definition) is 6. The number of pyridine rings is 4. The zero-order valence-electron chi connectivity index (χ0n) is 55.1. The minimum absolute atomic E-state index is 0.163. The Hall–Kier alpha value is -9.53. The first-order chi connectivity index (χ1) is 44.2. The van der Waals surface area contributed by atoms with Crippen LogP contribution in [0.15, 0.2) is 170 Å². The van der Waals surface area contributed by atoms with Gasteiger partial charge in [-0.1, -0.05) is 218 Å². The maximum absolute atomic E-state index is 7.93. The second kappa shape index (κ2) is 20.0. The molecule has 450 valence electrons. The molecule has 8 nitrogen and oxygen atoms in total. The molecule has 7 aromatic carbocycles. The van der Waals surface area contributed by atoms with E-state index in [-0.39, 0.29) is 24.3 Å². The van der Waals surface area contributed by atoms with Crippen molar-refractivity contribution in [3.63, 3.8) is 0 Å². The van der Waals surface area contributed by atoms with Gasteiger partial charge in [-0.25, -0.2) is 19.9 Å². The smallest absolute Gasteiger partial charge is 0.256 e. The number of hydrogen-bond donors (Lipinski definition) is 0. The van der Waals surface area contributed by atoms with Crippen molar-refractivity contribution >= 4 is 90.3 Å². The molecule has 13 aromatic rings. The van der Waals surface area contributed by atoms with Gasteiger partial charge in [0.15, 0.2) is 0 Å². The summed E-state index contributed by atoms with van der Waals surface area (Å²) in [5.41, 5.74) is 30.9. The molecule has 0 bridgehead atoms. The van der Waals surface area contributed by atoms with Crippen molar-refractivity contribution in [2.24, 2.45) is 0 Å². The van der Waals surface area contributed by atoms with Crippen molar-refractivity contribution in [1.29, 1.82) is 0 Å². The Morgan fingerprint density at radius 3 is 0.967 bits per heavy atom. The molecule has 0 atom stereocenters. The van der Waals surface area contributed by atoms with E-state index in [1.54, 1.807) is 0 Å². The summed E-state index contributed by atoms with van der Waals surface area (Å²) < 4.78 is 20.8. The summed E-state index contributed by atoms with van der Waals surface area (Å²) in [5, 5.41) is 0. The largest absolute Gasteiger partial charge is 0.456 e. The number of benzene rings is 7. The lowest BCUT2D eigenvalue weighted by molar-refractivity contribution is 0.471. The van der Waals surface area contributed by atoms with Crippen LogP contribution < -0.4 is 42.3 Å². The van der Waals surface area contributed by atoms with Crippen molar-refractivity contribution in [3.05, 3.63) is 203 Å². The quantitative estimate of drug-likeness (QED) is 0.141.